The highest BCUT2D eigenvalue weighted by molar-refractivity contribution is 7.10. The number of benzene rings is 1. The number of hydrogen-bond acceptors (Lipinski definition) is 3. The summed E-state index contributed by atoms with van der Waals surface area (Å²) in [5, 5.41) is 7.67. The largest absolute Gasteiger partial charge is 0.340 e. The van der Waals surface area contributed by atoms with Crippen LogP contribution in [0.4, 0.5) is 5.69 Å². The lowest BCUT2D eigenvalue weighted by Crippen LogP contribution is -2.39. The molecule has 0 aliphatic rings. The summed E-state index contributed by atoms with van der Waals surface area (Å²) < 4.78 is 0. The van der Waals surface area contributed by atoms with Gasteiger partial charge in [0, 0.05) is 10.6 Å². The molecule has 2 N–H and O–H groups in total. The Morgan fingerprint density at radius 2 is 1.64 bits per heavy atom. The van der Waals surface area contributed by atoms with Crippen LogP contribution in [-0.4, -0.2) is 11.8 Å². The zero-order chi connectivity index (χ0) is 18.4. The number of thiophene rings is 1. The summed E-state index contributed by atoms with van der Waals surface area (Å²) in [5.74, 6) is -1.01. The number of para-hydroxylation sites is 1. The van der Waals surface area contributed by atoms with Crippen molar-refractivity contribution in [1.29, 1.82) is 0 Å². The van der Waals surface area contributed by atoms with Crippen molar-refractivity contribution in [2.24, 2.45) is 5.92 Å². The second-order valence-corrected chi connectivity index (χ2v) is 7.30. The molecule has 0 aliphatic heterocycles. The summed E-state index contributed by atoms with van der Waals surface area (Å²) in [5.41, 5.74) is 2.85. The molecule has 0 saturated carbocycles. The molecule has 4 nitrogen and oxygen atoms in total. The summed E-state index contributed by atoms with van der Waals surface area (Å²) in [4.78, 5) is 25.9. The van der Waals surface area contributed by atoms with Crippen molar-refractivity contribution in [2.75, 3.05) is 5.32 Å². The van der Waals surface area contributed by atoms with E-state index in [4.69, 9.17) is 0 Å². The Morgan fingerprint density at radius 1 is 1.00 bits per heavy atom. The quantitative estimate of drug-likeness (QED) is 0.755. The molecule has 1 aromatic heterocycles. The van der Waals surface area contributed by atoms with Crippen LogP contribution in [-0.2, 0) is 22.4 Å². The van der Waals surface area contributed by atoms with Crippen LogP contribution in [0.1, 0.15) is 49.7 Å². The van der Waals surface area contributed by atoms with Crippen molar-refractivity contribution in [3.63, 3.8) is 0 Å². The molecule has 2 rings (SSSR count). The van der Waals surface area contributed by atoms with Crippen molar-refractivity contribution >= 4 is 28.8 Å². The first-order valence-electron chi connectivity index (χ1n) is 8.73. The van der Waals surface area contributed by atoms with Crippen LogP contribution in [0, 0.1) is 5.92 Å². The van der Waals surface area contributed by atoms with E-state index in [1.54, 1.807) is 11.3 Å². The van der Waals surface area contributed by atoms with E-state index < -0.39 is 11.8 Å². The highest BCUT2D eigenvalue weighted by Gasteiger charge is 2.24. The van der Waals surface area contributed by atoms with E-state index in [1.165, 1.54) is 0 Å². The summed E-state index contributed by atoms with van der Waals surface area (Å²) >= 11 is 1.58. The molecule has 0 bridgehead atoms. The van der Waals surface area contributed by atoms with Crippen LogP contribution in [0.2, 0.25) is 0 Å². The molecule has 2 aromatic rings. The average molecular weight is 359 g/mol. The molecular weight excluding hydrogens is 332 g/mol. The Hall–Kier alpha value is -2.14. The van der Waals surface area contributed by atoms with Gasteiger partial charge in [-0.15, -0.1) is 11.3 Å². The molecule has 0 saturated heterocycles. The lowest BCUT2D eigenvalue weighted by molar-refractivity contribution is -0.136. The minimum absolute atomic E-state index is 0.162. The van der Waals surface area contributed by atoms with Crippen molar-refractivity contribution < 1.29 is 9.59 Å². The van der Waals surface area contributed by atoms with Gasteiger partial charge in [-0.3, -0.25) is 9.59 Å². The minimum Gasteiger partial charge on any atom is -0.340 e. The highest BCUT2D eigenvalue weighted by Crippen LogP contribution is 2.26. The van der Waals surface area contributed by atoms with Gasteiger partial charge in [0.25, 0.3) is 0 Å². The highest BCUT2D eigenvalue weighted by atomic mass is 32.1. The normalized spacial score (nSPS) is 12.0. The standard InChI is InChI=1S/C20H26N2O2S/c1-5-14-9-7-10-15(6-2)18(14)22-20(24)19(23)21-17(13(3)4)16-11-8-12-25-16/h7-13,17H,5-6H2,1-4H3,(H,21,23)(H,22,24). The first kappa shape index (κ1) is 19.2. The van der Waals surface area contributed by atoms with Crippen LogP contribution in [0.15, 0.2) is 35.7 Å². The summed E-state index contributed by atoms with van der Waals surface area (Å²) in [6.45, 7) is 8.14. The van der Waals surface area contributed by atoms with Gasteiger partial charge in [-0.25, -0.2) is 0 Å². The number of rotatable bonds is 6. The molecule has 25 heavy (non-hydrogen) atoms. The average Bonchev–Trinajstić information content (AvgIpc) is 3.13. The Kier molecular flexibility index (Phi) is 6.76. The monoisotopic (exact) mass is 358 g/mol. The van der Waals surface area contributed by atoms with Gasteiger partial charge < -0.3 is 10.6 Å². The number of anilines is 1. The maximum Gasteiger partial charge on any atom is 0.313 e. The second-order valence-electron chi connectivity index (χ2n) is 6.32. The van der Waals surface area contributed by atoms with E-state index >= 15 is 0 Å². The minimum atomic E-state index is -0.613. The number of amides is 2. The lowest BCUT2D eigenvalue weighted by Gasteiger charge is -2.21. The maximum absolute atomic E-state index is 12.5. The van der Waals surface area contributed by atoms with Gasteiger partial charge >= 0.3 is 11.8 Å². The van der Waals surface area contributed by atoms with Crippen molar-refractivity contribution in [3.8, 4) is 0 Å². The van der Waals surface area contributed by atoms with E-state index in [0.717, 1.165) is 34.5 Å². The first-order valence-corrected chi connectivity index (χ1v) is 9.61. The number of carbonyl (C=O) groups is 2. The number of hydrogen-bond donors (Lipinski definition) is 2. The van der Waals surface area contributed by atoms with E-state index in [0.29, 0.717) is 0 Å². The third-order valence-corrected chi connectivity index (χ3v) is 5.20. The summed E-state index contributed by atoms with van der Waals surface area (Å²) in [6, 6.07) is 9.72. The molecule has 1 atom stereocenters. The fourth-order valence-electron chi connectivity index (χ4n) is 2.81. The molecule has 1 aromatic carbocycles. The summed E-state index contributed by atoms with van der Waals surface area (Å²) in [7, 11) is 0. The number of nitrogens with one attached hydrogen (secondary N) is 2. The van der Waals surface area contributed by atoms with Gasteiger partial charge in [0.2, 0.25) is 0 Å². The molecule has 0 radical (unpaired) electrons. The topological polar surface area (TPSA) is 58.2 Å². The zero-order valence-corrected chi connectivity index (χ0v) is 16.1. The number of aryl methyl sites for hydroxylation is 2. The Bertz CT molecular complexity index is 701. The van der Waals surface area contributed by atoms with Gasteiger partial charge in [-0.05, 0) is 41.3 Å². The fraction of sp³-hybridized carbons (Fsp3) is 0.400. The maximum atomic E-state index is 12.5. The zero-order valence-electron chi connectivity index (χ0n) is 15.3. The third kappa shape index (κ3) is 4.69. The second kappa shape index (κ2) is 8.81. The smallest absolute Gasteiger partial charge is 0.313 e. The third-order valence-electron chi connectivity index (χ3n) is 4.25. The van der Waals surface area contributed by atoms with Gasteiger partial charge in [-0.2, -0.15) is 0 Å². The molecule has 134 valence electrons. The van der Waals surface area contributed by atoms with Crippen LogP contribution >= 0.6 is 11.3 Å². The Morgan fingerprint density at radius 3 is 2.12 bits per heavy atom. The molecule has 1 heterocycles. The first-order chi connectivity index (χ1) is 12.0. The fourth-order valence-corrected chi connectivity index (χ4v) is 3.76. The predicted octanol–water partition coefficient (Wildman–Crippen LogP) is 4.32. The molecule has 0 fully saturated rings. The lowest BCUT2D eigenvalue weighted by atomic mass is 10.0. The van der Waals surface area contributed by atoms with E-state index in [2.05, 4.69) is 10.6 Å². The van der Waals surface area contributed by atoms with Crippen LogP contribution in [0.3, 0.4) is 0 Å². The van der Waals surface area contributed by atoms with Gasteiger partial charge in [0.1, 0.15) is 0 Å². The van der Waals surface area contributed by atoms with E-state index in [9.17, 15) is 9.59 Å². The van der Waals surface area contributed by atoms with Crippen molar-refractivity contribution in [3.05, 3.63) is 51.7 Å². The van der Waals surface area contributed by atoms with Crippen LogP contribution in [0.25, 0.3) is 0 Å². The van der Waals surface area contributed by atoms with Gasteiger partial charge in [-0.1, -0.05) is 52.0 Å². The van der Waals surface area contributed by atoms with Crippen molar-refractivity contribution in [1.82, 2.24) is 5.32 Å². The molecule has 0 aliphatic carbocycles. The molecule has 0 spiro atoms. The van der Waals surface area contributed by atoms with Gasteiger partial charge in [0.15, 0.2) is 0 Å². The molecule has 2 amide bonds. The van der Waals surface area contributed by atoms with E-state index in [-0.39, 0.29) is 12.0 Å². The van der Waals surface area contributed by atoms with Gasteiger partial charge in [0.05, 0.1) is 6.04 Å². The predicted molar refractivity (Wildman–Crippen MR) is 104 cm³/mol. The SMILES string of the molecule is CCc1cccc(CC)c1NC(=O)C(=O)NC(c1cccs1)C(C)C. The summed E-state index contributed by atoms with van der Waals surface area (Å²) in [6.07, 6.45) is 1.60. The Labute approximate surface area is 153 Å². The van der Waals surface area contributed by atoms with E-state index in [1.807, 2.05) is 63.4 Å². The number of carbonyl (C=O) groups excluding carboxylic acids is 2. The van der Waals surface area contributed by atoms with Crippen molar-refractivity contribution in [2.45, 2.75) is 46.6 Å². The molecule has 1 unspecified atom stereocenters. The van der Waals surface area contributed by atoms with Crippen LogP contribution < -0.4 is 10.6 Å². The molecule has 5 heteroatoms. The Balaban J connectivity index is 2.14. The van der Waals surface area contributed by atoms with Crippen LogP contribution in [0.5, 0.6) is 0 Å². The molecular formula is C20H26N2O2S.